The molecule has 56 valence electrons. The molecule has 0 aliphatic rings. The van der Waals surface area contributed by atoms with E-state index in [0.717, 1.165) is 0 Å². The molecule has 0 amide bonds. The van der Waals surface area contributed by atoms with Crippen LogP contribution in [0.25, 0.3) is 0 Å². The molecule has 0 heterocycles. The number of hydrogen-bond donors (Lipinski definition) is 1. The van der Waals surface area contributed by atoms with Gasteiger partial charge in [-0.1, -0.05) is 17.9 Å². The van der Waals surface area contributed by atoms with Crippen LogP contribution in [0.15, 0.2) is 12.7 Å². The van der Waals surface area contributed by atoms with E-state index in [1.807, 2.05) is 0 Å². The molecule has 0 unspecified atom stereocenters. The van der Waals surface area contributed by atoms with Crippen LogP contribution in [0.1, 0.15) is 6.42 Å². The molecule has 0 bridgehead atoms. The number of aliphatic hydroxyl groups excluding tert-OH is 1. The summed E-state index contributed by atoms with van der Waals surface area (Å²) in [5, 5.41) is 8.28. The van der Waals surface area contributed by atoms with Crippen molar-refractivity contribution in [1.82, 2.24) is 0 Å². The van der Waals surface area contributed by atoms with E-state index in [-0.39, 0.29) is 12.7 Å². The summed E-state index contributed by atoms with van der Waals surface area (Å²) in [4.78, 5) is 0. The third-order valence-corrected chi connectivity index (χ3v) is 1.07. The van der Waals surface area contributed by atoms with Gasteiger partial charge in [0.25, 0.3) is 0 Å². The van der Waals surface area contributed by atoms with E-state index < -0.39 is 0 Å². The van der Waals surface area contributed by atoms with Crippen LogP contribution in [0, 0.1) is 11.8 Å². The van der Waals surface area contributed by atoms with Crippen LogP contribution in [-0.2, 0) is 4.74 Å². The highest BCUT2D eigenvalue weighted by Gasteiger charge is 1.95. The summed E-state index contributed by atoms with van der Waals surface area (Å²) in [5.41, 5.74) is 0. The summed E-state index contributed by atoms with van der Waals surface area (Å²) in [6, 6.07) is 0. The van der Waals surface area contributed by atoms with E-state index in [0.29, 0.717) is 6.42 Å². The van der Waals surface area contributed by atoms with E-state index in [9.17, 15) is 0 Å². The lowest BCUT2D eigenvalue weighted by atomic mass is 10.2. The van der Waals surface area contributed by atoms with Crippen molar-refractivity contribution in [2.45, 2.75) is 12.5 Å². The molecule has 2 heteroatoms. The topological polar surface area (TPSA) is 29.5 Å². The molecule has 0 fully saturated rings. The second kappa shape index (κ2) is 6.34. The molecule has 0 aliphatic heterocycles. The predicted octanol–water partition coefficient (Wildman–Crippen LogP) is 0.573. The van der Waals surface area contributed by atoms with Gasteiger partial charge >= 0.3 is 0 Å². The molecule has 0 radical (unpaired) electrons. The standard InChI is InChI=1S/C8H12O2/c1-3-8(10-2)6-4-5-7-9/h3,8-9H,1,6-7H2,2H3/t8-/m0/s1. The lowest BCUT2D eigenvalue weighted by Crippen LogP contribution is -2.04. The lowest BCUT2D eigenvalue weighted by Gasteiger charge is -2.03. The molecule has 0 spiro atoms. The highest BCUT2D eigenvalue weighted by atomic mass is 16.5. The first-order chi connectivity index (χ1) is 4.85. The predicted molar refractivity (Wildman–Crippen MR) is 40.5 cm³/mol. The van der Waals surface area contributed by atoms with E-state index in [2.05, 4.69) is 18.4 Å². The Kier molecular flexibility index (Phi) is 5.85. The zero-order valence-electron chi connectivity index (χ0n) is 6.13. The van der Waals surface area contributed by atoms with Crippen LogP contribution in [0.5, 0.6) is 0 Å². The van der Waals surface area contributed by atoms with Crippen molar-refractivity contribution in [3.05, 3.63) is 12.7 Å². The Morgan fingerprint density at radius 1 is 1.70 bits per heavy atom. The average molecular weight is 140 g/mol. The zero-order valence-corrected chi connectivity index (χ0v) is 6.13. The first-order valence-corrected chi connectivity index (χ1v) is 3.07. The van der Waals surface area contributed by atoms with Gasteiger partial charge in [-0.3, -0.25) is 0 Å². The Morgan fingerprint density at radius 3 is 2.80 bits per heavy atom. The van der Waals surface area contributed by atoms with Gasteiger partial charge in [-0.15, -0.1) is 6.58 Å². The SMILES string of the molecule is C=C[C@@H](CC#CCO)OC. The fourth-order valence-corrected chi connectivity index (χ4v) is 0.492. The van der Waals surface area contributed by atoms with Crippen LogP contribution in [0.3, 0.4) is 0 Å². The van der Waals surface area contributed by atoms with Crippen LogP contribution in [-0.4, -0.2) is 24.9 Å². The summed E-state index contributed by atoms with van der Waals surface area (Å²) in [7, 11) is 1.60. The fourth-order valence-electron chi connectivity index (χ4n) is 0.492. The maximum absolute atomic E-state index is 8.28. The molecule has 0 aliphatic carbocycles. The zero-order chi connectivity index (χ0) is 7.82. The molecule has 0 aromatic rings. The van der Waals surface area contributed by atoms with Crippen molar-refractivity contribution in [2.75, 3.05) is 13.7 Å². The Bertz CT molecular complexity index is 141. The first-order valence-electron chi connectivity index (χ1n) is 3.07. The van der Waals surface area contributed by atoms with Gasteiger partial charge in [0.1, 0.15) is 6.61 Å². The number of rotatable bonds is 3. The highest BCUT2D eigenvalue weighted by molar-refractivity contribution is 5.02. The smallest absolute Gasteiger partial charge is 0.104 e. The van der Waals surface area contributed by atoms with Crippen LogP contribution in [0.2, 0.25) is 0 Å². The van der Waals surface area contributed by atoms with E-state index in [4.69, 9.17) is 9.84 Å². The minimum atomic E-state index is -0.0897. The molecule has 0 rings (SSSR count). The van der Waals surface area contributed by atoms with Gasteiger partial charge in [0.2, 0.25) is 0 Å². The number of methoxy groups -OCH3 is 1. The molecule has 0 aromatic carbocycles. The average Bonchev–Trinajstić information content (AvgIpc) is 1.99. The van der Waals surface area contributed by atoms with E-state index in [1.165, 1.54) is 0 Å². The van der Waals surface area contributed by atoms with Crippen molar-refractivity contribution in [3.63, 3.8) is 0 Å². The maximum atomic E-state index is 8.28. The van der Waals surface area contributed by atoms with Gasteiger partial charge in [-0.2, -0.15) is 0 Å². The number of hydrogen-bond acceptors (Lipinski definition) is 2. The largest absolute Gasteiger partial charge is 0.384 e. The van der Waals surface area contributed by atoms with E-state index in [1.54, 1.807) is 13.2 Å². The minimum Gasteiger partial charge on any atom is -0.384 e. The second-order valence-electron chi connectivity index (χ2n) is 1.73. The molecule has 0 saturated heterocycles. The second-order valence-corrected chi connectivity index (χ2v) is 1.73. The number of aliphatic hydroxyl groups is 1. The van der Waals surface area contributed by atoms with Crippen LogP contribution in [0.4, 0.5) is 0 Å². The quantitative estimate of drug-likeness (QED) is 0.459. The van der Waals surface area contributed by atoms with Crippen molar-refractivity contribution in [3.8, 4) is 11.8 Å². The Hall–Kier alpha value is -0.780. The molecule has 1 atom stereocenters. The van der Waals surface area contributed by atoms with Gasteiger partial charge in [-0.25, -0.2) is 0 Å². The molecule has 1 N–H and O–H groups in total. The molecule has 0 aromatic heterocycles. The van der Waals surface area contributed by atoms with Crippen molar-refractivity contribution >= 4 is 0 Å². The lowest BCUT2D eigenvalue weighted by molar-refractivity contribution is 0.145. The van der Waals surface area contributed by atoms with Crippen LogP contribution >= 0.6 is 0 Å². The Balaban J connectivity index is 3.53. The third kappa shape index (κ3) is 4.13. The molecule has 10 heavy (non-hydrogen) atoms. The van der Waals surface area contributed by atoms with Gasteiger partial charge in [0.15, 0.2) is 0 Å². The summed E-state index contributed by atoms with van der Waals surface area (Å²) in [6.45, 7) is 3.47. The summed E-state index contributed by atoms with van der Waals surface area (Å²) < 4.78 is 4.94. The summed E-state index contributed by atoms with van der Waals surface area (Å²) >= 11 is 0. The fraction of sp³-hybridized carbons (Fsp3) is 0.500. The minimum absolute atomic E-state index is 0.0148. The normalized spacial score (nSPS) is 11.4. The Morgan fingerprint density at radius 2 is 2.40 bits per heavy atom. The van der Waals surface area contributed by atoms with Crippen molar-refractivity contribution in [1.29, 1.82) is 0 Å². The highest BCUT2D eigenvalue weighted by Crippen LogP contribution is 1.94. The van der Waals surface area contributed by atoms with Crippen molar-refractivity contribution in [2.24, 2.45) is 0 Å². The Labute approximate surface area is 61.5 Å². The van der Waals surface area contributed by atoms with Gasteiger partial charge in [0, 0.05) is 13.5 Å². The molecule has 2 nitrogen and oxygen atoms in total. The van der Waals surface area contributed by atoms with E-state index >= 15 is 0 Å². The summed E-state index contributed by atoms with van der Waals surface area (Å²) in [6.07, 6.45) is 2.27. The molecular formula is C8H12O2. The van der Waals surface area contributed by atoms with Crippen molar-refractivity contribution < 1.29 is 9.84 Å². The maximum Gasteiger partial charge on any atom is 0.104 e. The number of ether oxygens (including phenoxy) is 1. The third-order valence-electron chi connectivity index (χ3n) is 1.07. The summed E-state index contributed by atoms with van der Waals surface area (Å²) in [5.74, 6) is 5.27. The first kappa shape index (κ1) is 9.22. The molecule has 0 saturated carbocycles. The van der Waals surface area contributed by atoms with Gasteiger partial charge < -0.3 is 9.84 Å². The van der Waals surface area contributed by atoms with Crippen LogP contribution < -0.4 is 0 Å². The molecular weight excluding hydrogens is 128 g/mol. The van der Waals surface area contributed by atoms with Gasteiger partial charge in [0.05, 0.1) is 6.10 Å². The monoisotopic (exact) mass is 140 g/mol. The van der Waals surface area contributed by atoms with Gasteiger partial charge in [-0.05, 0) is 0 Å².